The van der Waals surface area contributed by atoms with E-state index in [1.165, 1.54) is 0 Å². The van der Waals surface area contributed by atoms with Crippen LogP contribution in [0, 0.1) is 0 Å². The number of alkyl halides is 1. The van der Waals surface area contributed by atoms with E-state index in [4.69, 9.17) is 0 Å². The Morgan fingerprint density at radius 2 is 1.89 bits per heavy atom. The molecule has 0 aromatic heterocycles. The fraction of sp³-hybridized carbons (Fsp3) is 1.00. The third kappa shape index (κ3) is 12.6. The second-order valence-corrected chi connectivity index (χ2v) is 3.35. The Bertz CT molecular complexity index is 60.6. The maximum atomic E-state index is 10.8. The van der Waals surface area contributed by atoms with Gasteiger partial charge in [0.05, 0.1) is 0 Å². The molecule has 0 amide bonds. The Kier molecular flexibility index (Phi) is 8.95. The Labute approximate surface area is 87.6 Å². The third-order valence-corrected chi connectivity index (χ3v) is 1.47. The van der Waals surface area contributed by atoms with Crippen LogP contribution in [0.3, 0.4) is 0 Å². The molecule has 0 rings (SSSR count). The topological polar surface area (TPSA) is 23.1 Å². The van der Waals surface area contributed by atoms with Gasteiger partial charge in [0.2, 0.25) is 0 Å². The largest absolute Gasteiger partial charge is 1.00 e. The SMILES string of the molecule is CC(C)([O-])CCCBr.[Na+]. The van der Waals surface area contributed by atoms with Gasteiger partial charge in [0, 0.05) is 5.33 Å². The first kappa shape index (κ1) is 13.1. The second-order valence-electron chi connectivity index (χ2n) is 2.55. The first-order chi connectivity index (χ1) is 3.56. The van der Waals surface area contributed by atoms with Crippen LogP contribution >= 0.6 is 15.9 Å². The van der Waals surface area contributed by atoms with Crippen molar-refractivity contribution in [2.75, 3.05) is 5.33 Å². The zero-order valence-corrected chi connectivity index (χ0v) is 9.99. The predicted octanol–water partition coefficient (Wildman–Crippen LogP) is -1.70. The quantitative estimate of drug-likeness (QED) is 0.396. The van der Waals surface area contributed by atoms with Crippen molar-refractivity contribution in [3.05, 3.63) is 0 Å². The third-order valence-electron chi connectivity index (χ3n) is 0.912. The summed E-state index contributed by atoms with van der Waals surface area (Å²) in [7, 11) is 0. The van der Waals surface area contributed by atoms with Gasteiger partial charge in [-0.05, 0) is 6.42 Å². The Balaban J connectivity index is 0. The summed E-state index contributed by atoms with van der Waals surface area (Å²) in [6.45, 7) is 3.44. The van der Waals surface area contributed by atoms with Gasteiger partial charge < -0.3 is 5.11 Å². The molecule has 0 heterocycles. The molecule has 0 saturated carbocycles. The van der Waals surface area contributed by atoms with Gasteiger partial charge in [0.15, 0.2) is 0 Å². The molecule has 1 nitrogen and oxygen atoms in total. The molecular weight excluding hydrogens is 191 g/mol. The number of rotatable bonds is 3. The van der Waals surface area contributed by atoms with E-state index in [9.17, 15) is 5.11 Å². The van der Waals surface area contributed by atoms with Gasteiger partial charge in [-0.2, -0.15) is 0 Å². The molecular formula is C6H12BrNaO. The molecule has 3 heteroatoms. The molecule has 0 radical (unpaired) electrons. The van der Waals surface area contributed by atoms with Gasteiger partial charge >= 0.3 is 29.6 Å². The van der Waals surface area contributed by atoms with Crippen molar-refractivity contribution >= 4 is 15.9 Å². The van der Waals surface area contributed by atoms with Crippen molar-refractivity contribution in [1.29, 1.82) is 0 Å². The van der Waals surface area contributed by atoms with E-state index in [2.05, 4.69) is 15.9 Å². The molecule has 0 aliphatic heterocycles. The smallest absolute Gasteiger partial charge is 0.850 e. The summed E-state index contributed by atoms with van der Waals surface area (Å²) in [5, 5.41) is 11.8. The molecule has 0 bridgehead atoms. The molecule has 9 heavy (non-hydrogen) atoms. The van der Waals surface area contributed by atoms with Crippen LogP contribution in [-0.4, -0.2) is 10.9 Å². The average molecular weight is 203 g/mol. The fourth-order valence-corrected chi connectivity index (χ4v) is 0.773. The van der Waals surface area contributed by atoms with E-state index in [-0.39, 0.29) is 29.6 Å². The normalized spacial score (nSPS) is 10.7. The number of hydrogen-bond donors (Lipinski definition) is 0. The van der Waals surface area contributed by atoms with Crippen molar-refractivity contribution in [2.45, 2.75) is 32.3 Å². The van der Waals surface area contributed by atoms with E-state index in [1.54, 1.807) is 13.8 Å². The molecule has 0 saturated heterocycles. The Morgan fingerprint density at radius 1 is 1.44 bits per heavy atom. The van der Waals surface area contributed by atoms with Crippen LogP contribution in [0.1, 0.15) is 26.7 Å². The standard InChI is InChI=1S/C6H12BrO.Na/c1-6(2,8)4-3-5-7;/h3-5H2,1-2H3;/q-1;+1. The maximum absolute atomic E-state index is 10.8. The Hall–Kier alpha value is 1.44. The van der Waals surface area contributed by atoms with Gasteiger partial charge in [0.25, 0.3) is 0 Å². The molecule has 0 unspecified atom stereocenters. The van der Waals surface area contributed by atoms with Gasteiger partial charge in [-0.25, -0.2) is 0 Å². The minimum atomic E-state index is -0.728. The van der Waals surface area contributed by atoms with E-state index in [0.29, 0.717) is 0 Å². The summed E-state index contributed by atoms with van der Waals surface area (Å²) in [6, 6.07) is 0. The van der Waals surface area contributed by atoms with Crippen molar-refractivity contribution in [1.82, 2.24) is 0 Å². The average Bonchev–Trinajstić information content (AvgIpc) is 1.59. The zero-order valence-electron chi connectivity index (χ0n) is 6.41. The maximum Gasteiger partial charge on any atom is 1.00 e. The summed E-state index contributed by atoms with van der Waals surface area (Å²) >= 11 is 3.26. The Morgan fingerprint density at radius 3 is 2.00 bits per heavy atom. The fourth-order valence-electron chi connectivity index (χ4n) is 0.493. The van der Waals surface area contributed by atoms with Crippen LogP contribution in [0.2, 0.25) is 0 Å². The minimum Gasteiger partial charge on any atom is -0.850 e. The van der Waals surface area contributed by atoms with Crippen LogP contribution in [0.5, 0.6) is 0 Å². The monoisotopic (exact) mass is 202 g/mol. The van der Waals surface area contributed by atoms with Crippen LogP contribution < -0.4 is 34.7 Å². The van der Waals surface area contributed by atoms with Crippen molar-refractivity contribution in [3.63, 3.8) is 0 Å². The van der Waals surface area contributed by atoms with Crippen LogP contribution in [0.15, 0.2) is 0 Å². The number of halogens is 1. The van der Waals surface area contributed by atoms with Crippen molar-refractivity contribution in [3.8, 4) is 0 Å². The van der Waals surface area contributed by atoms with Gasteiger partial charge in [0.1, 0.15) is 0 Å². The first-order valence-electron chi connectivity index (χ1n) is 2.82. The molecule has 0 spiro atoms. The summed E-state index contributed by atoms with van der Waals surface area (Å²) < 4.78 is 0. The second kappa shape index (κ2) is 6.17. The number of hydrogen-bond acceptors (Lipinski definition) is 1. The van der Waals surface area contributed by atoms with Crippen molar-refractivity contribution < 1.29 is 34.7 Å². The molecule has 0 aliphatic carbocycles. The predicted molar refractivity (Wildman–Crippen MR) is 37.1 cm³/mol. The molecule has 0 N–H and O–H groups in total. The van der Waals surface area contributed by atoms with Crippen molar-refractivity contribution in [2.24, 2.45) is 0 Å². The molecule has 0 fully saturated rings. The molecule has 0 aliphatic rings. The van der Waals surface area contributed by atoms with Gasteiger partial charge in [-0.3, -0.25) is 0 Å². The van der Waals surface area contributed by atoms with E-state index >= 15 is 0 Å². The van der Waals surface area contributed by atoms with Crippen LogP contribution in [0.4, 0.5) is 0 Å². The molecule has 0 atom stereocenters. The molecule has 0 aromatic carbocycles. The summed E-state index contributed by atoms with van der Waals surface area (Å²) in [5.74, 6) is 0. The summed E-state index contributed by atoms with van der Waals surface area (Å²) in [4.78, 5) is 0. The molecule has 0 aromatic rings. The van der Waals surface area contributed by atoms with Crippen LogP contribution in [-0.2, 0) is 0 Å². The zero-order chi connectivity index (χ0) is 6.62. The van der Waals surface area contributed by atoms with E-state index in [0.717, 1.165) is 18.2 Å². The van der Waals surface area contributed by atoms with Crippen LogP contribution in [0.25, 0.3) is 0 Å². The van der Waals surface area contributed by atoms with E-state index < -0.39 is 5.60 Å². The minimum absolute atomic E-state index is 0. The molecule has 50 valence electrons. The summed E-state index contributed by atoms with van der Waals surface area (Å²) in [6.07, 6.45) is 1.74. The van der Waals surface area contributed by atoms with Gasteiger partial charge in [-0.15, -0.1) is 5.60 Å². The van der Waals surface area contributed by atoms with Gasteiger partial charge in [-0.1, -0.05) is 36.2 Å². The van der Waals surface area contributed by atoms with E-state index in [1.807, 2.05) is 0 Å². The first-order valence-corrected chi connectivity index (χ1v) is 3.95. The summed E-state index contributed by atoms with van der Waals surface area (Å²) in [5.41, 5.74) is -0.728.